The molecule has 1 aliphatic carbocycles. The molecule has 1 atom stereocenters. The second kappa shape index (κ2) is 7.41. The number of anilines is 1. The molecule has 0 bridgehead atoms. The molecule has 4 aromatic heterocycles. The molecule has 7 rings (SSSR count). The maximum absolute atomic E-state index is 5.07. The van der Waals surface area contributed by atoms with Crippen molar-refractivity contribution in [2.75, 3.05) is 4.90 Å². The Kier molecular flexibility index (Phi) is 4.20. The number of aromatic nitrogens is 9. The van der Waals surface area contributed by atoms with Crippen LogP contribution in [0, 0.1) is 0 Å². The summed E-state index contributed by atoms with van der Waals surface area (Å²) in [6, 6.07) is 10.5. The van der Waals surface area contributed by atoms with Gasteiger partial charge < -0.3 is 4.90 Å². The molecule has 5 heterocycles. The first-order valence-corrected chi connectivity index (χ1v) is 11.6. The van der Waals surface area contributed by atoms with Gasteiger partial charge >= 0.3 is 0 Å². The summed E-state index contributed by atoms with van der Waals surface area (Å²) in [7, 11) is 0. The monoisotopic (exact) mass is 450 g/mol. The molecule has 0 saturated heterocycles. The van der Waals surface area contributed by atoms with Crippen molar-refractivity contribution < 1.29 is 0 Å². The van der Waals surface area contributed by atoms with E-state index in [2.05, 4.69) is 37.1 Å². The molecule has 168 valence electrons. The topological polar surface area (TPSA) is 103 Å². The lowest BCUT2D eigenvalue weighted by Crippen LogP contribution is -2.46. The minimum atomic E-state index is 0.127. The van der Waals surface area contributed by atoms with Gasteiger partial charge in [-0.1, -0.05) is 25.1 Å². The Morgan fingerprint density at radius 2 is 2.00 bits per heavy atom. The molecule has 1 aromatic carbocycles. The van der Waals surface area contributed by atoms with Gasteiger partial charge in [0.25, 0.3) is 5.95 Å². The van der Waals surface area contributed by atoms with E-state index in [4.69, 9.17) is 9.97 Å². The number of benzene rings is 1. The Morgan fingerprint density at radius 1 is 1.06 bits per heavy atom. The van der Waals surface area contributed by atoms with Gasteiger partial charge in [-0.2, -0.15) is 14.8 Å². The molecule has 1 unspecified atom stereocenters. The van der Waals surface area contributed by atoms with Crippen molar-refractivity contribution in [2.45, 2.75) is 44.7 Å². The summed E-state index contributed by atoms with van der Waals surface area (Å²) >= 11 is 0. The lowest BCUT2D eigenvalue weighted by atomic mass is 9.89. The normalized spacial score (nSPS) is 17.4. The second-order valence-corrected chi connectivity index (χ2v) is 8.73. The number of hydrogen-bond donors (Lipinski definition) is 0. The molecule has 0 radical (unpaired) electrons. The van der Waals surface area contributed by atoms with Gasteiger partial charge in [-0.3, -0.25) is 9.55 Å². The second-order valence-electron chi connectivity index (χ2n) is 8.73. The van der Waals surface area contributed by atoms with Gasteiger partial charge in [-0.05, 0) is 37.8 Å². The highest BCUT2D eigenvalue weighted by molar-refractivity contribution is 5.92. The first kappa shape index (κ1) is 19.3. The van der Waals surface area contributed by atoms with Crippen LogP contribution < -0.4 is 4.90 Å². The number of rotatable bonds is 4. The number of pyridine rings is 1. The lowest BCUT2D eigenvalue weighted by molar-refractivity contribution is 0.341. The highest BCUT2D eigenvalue weighted by Crippen LogP contribution is 2.43. The number of fused-ring (bicyclic) bond motifs is 4. The molecule has 0 N–H and O–H groups in total. The minimum absolute atomic E-state index is 0.127. The summed E-state index contributed by atoms with van der Waals surface area (Å²) in [6.45, 7) is 2.19. The fourth-order valence-corrected chi connectivity index (χ4v) is 5.09. The van der Waals surface area contributed by atoms with Crippen LogP contribution in [-0.2, 0) is 0 Å². The van der Waals surface area contributed by atoms with Crippen LogP contribution in [0.1, 0.15) is 44.5 Å². The van der Waals surface area contributed by atoms with E-state index in [0.717, 1.165) is 53.1 Å². The Balaban J connectivity index is 1.40. The van der Waals surface area contributed by atoms with Gasteiger partial charge in [0.05, 0.1) is 17.8 Å². The van der Waals surface area contributed by atoms with Crippen LogP contribution in [0.15, 0.2) is 55.4 Å². The van der Waals surface area contributed by atoms with E-state index >= 15 is 0 Å². The lowest BCUT2D eigenvalue weighted by Gasteiger charge is -2.45. The SMILES string of the molecule is CCC1c2nncn2-c2cnc(-n3ncnc3-c3cccc4ncccc34)nc2N1C1CCC1. The quantitative estimate of drug-likeness (QED) is 0.409. The van der Waals surface area contributed by atoms with E-state index in [1.165, 1.54) is 6.42 Å². The summed E-state index contributed by atoms with van der Waals surface area (Å²) in [5, 5.41) is 14.1. The zero-order valence-corrected chi connectivity index (χ0v) is 18.7. The average molecular weight is 451 g/mol. The summed E-state index contributed by atoms with van der Waals surface area (Å²) in [4.78, 5) is 21.2. The third-order valence-electron chi connectivity index (χ3n) is 6.93. The molecule has 10 nitrogen and oxygen atoms in total. The average Bonchev–Trinajstić information content (AvgIpc) is 3.53. The molecule has 5 aromatic rings. The van der Waals surface area contributed by atoms with Crippen molar-refractivity contribution >= 4 is 16.7 Å². The Bertz CT molecular complexity index is 1510. The molecule has 2 aliphatic rings. The molecule has 34 heavy (non-hydrogen) atoms. The van der Waals surface area contributed by atoms with Crippen LogP contribution in [0.2, 0.25) is 0 Å². The summed E-state index contributed by atoms with van der Waals surface area (Å²) < 4.78 is 3.73. The van der Waals surface area contributed by atoms with Crippen LogP contribution in [0.3, 0.4) is 0 Å². The molecule has 1 saturated carbocycles. The Hall–Kier alpha value is -4.21. The zero-order valence-electron chi connectivity index (χ0n) is 18.7. The van der Waals surface area contributed by atoms with E-state index in [1.54, 1.807) is 23.5 Å². The van der Waals surface area contributed by atoms with Crippen molar-refractivity contribution in [3.8, 4) is 23.0 Å². The first-order valence-electron chi connectivity index (χ1n) is 11.6. The van der Waals surface area contributed by atoms with Crippen molar-refractivity contribution in [3.05, 3.63) is 61.2 Å². The van der Waals surface area contributed by atoms with Gasteiger partial charge in [0.1, 0.15) is 18.3 Å². The van der Waals surface area contributed by atoms with Gasteiger partial charge in [-0.25, -0.2) is 9.97 Å². The number of nitrogens with zero attached hydrogens (tertiary/aromatic N) is 10. The molecule has 10 heteroatoms. The van der Waals surface area contributed by atoms with Crippen LogP contribution in [0.5, 0.6) is 0 Å². The van der Waals surface area contributed by atoms with Gasteiger partial charge in [0, 0.05) is 23.2 Å². The third kappa shape index (κ3) is 2.71. The van der Waals surface area contributed by atoms with Crippen molar-refractivity contribution in [2.24, 2.45) is 0 Å². The molecule has 1 fully saturated rings. The largest absolute Gasteiger partial charge is 0.341 e. The van der Waals surface area contributed by atoms with Gasteiger partial charge in [0.15, 0.2) is 17.5 Å². The Morgan fingerprint density at radius 3 is 2.85 bits per heavy atom. The maximum Gasteiger partial charge on any atom is 0.254 e. The fourth-order valence-electron chi connectivity index (χ4n) is 5.09. The summed E-state index contributed by atoms with van der Waals surface area (Å²) in [5.74, 6) is 3.02. The van der Waals surface area contributed by atoms with E-state index < -0.39 is 0 Å². The molecule has 0 spiro atoms. The molecular formula is C24H22N10. The van der Waals surface area contributed by atoms with Gasteiger partial charge in [-0.15, -0.1) is 10.2 Å². The highest BCUT2D eigenvalue weighted by atomic mass is 15.4. The van der Waals surface area contributed by atoms with E-state index in [-0.39, 0.29) is 6.04 Å². The highest BCUT2D eigenvalue weighted by Gasteiger charge is 2.39. The third-order valence-corrected chi connectivity index (χ3v) is 6.93. The van der Waals surface area contributed by atoms with E-state index in [1.807, 2.05) is 41.1 Å². The standard InChI is InChI=1S/C24H22N10/c1-2-19-23-31-28-14-32(23)20-12-26-24(30-22(20)33(19)15-6-3-7-15)34-21(27-13-29-34)17-8-4-10-18-16(17)9-5-11-25-18/h4-5,8-15,19H,2-3,6-7H2,1H3. The Labute approximate surface area is 195 Å². The van der Waals surface area contributed by atoms with E-state index in [0.29, 0.717) is 17.8 Å². The van der Waals surface area contributed by atoms with Gasteiger partial charge in [0.2, 0.25) is 0 Å². The van der Waals surface area contributed by atoms with Crippen LogP contribution >= 0.6 is 0 Å². The van der Waals surface area contributed by atoms with E-state index in [9.17, 15) is 0 Å². The first-order chi connectivity index (χ1) is 16.8. The molecule has 0 amide bonds. The molecular weight excluding hydrogens is 428 g/mol. The van der Waals surface area contributed by atoms with Crippen molar-refractivity contribution in [1.82, 2.24) is 44.5 Å². The minimum Gasteiger partial charge on any atom is -0.341 e. The van der Waals surface area contributed by atoms with Crippen molar-refractivity contribution in [3.63, 3.8) is 0 Å². The predicted octanol–water partition coefficient (Wildman–Crippen LogP) is 3.68. The summed E-state index contributed by atoms with van der Waals surface area (Å²) in [5.41, 5.74) is 2.74. The smallest absolute Gasteiger partial charge is 0.254 e. The number of hydrogen-bond acceptors (Lipinski definition) is 8. The van der Waals surface area contributed by atoms with Crippen LogP contribution in [0.4, 0.5) is 5.82 Å². The van der Waals surface area contributed by atoms with Crippen LogP contribution in [-0.4, -0.2) is 50.5 Å². The summed E-state index contributed by atoms with van der Waals surface area (Å²) in [6.07, 6.45) is 11.4. The fraction of sp³-hybridized carbons (Fsp3) is 0.292. The van der Waals surface area contributed by atoms with Crippen molar-refractivity contribution in [1.29, 1.82) is 0 Å². The predicted molar refractivity (Wildman–Crippen MR) is 126 cm³/mol. The maximum atomic E-state index is 5.07. The van der Waals surface area contributed by atoms with Crippen LogP contribution in [0.25, 0.3) is 33.9 Å². The zero-order chi connectivity index (χ0) is 22.6. The molecule has 1 aliphatic heterocycles.